The molecule has 26 heavy (non-hydrogen) atoms. The Morgan fingerprint density at radius 1 is 1.12 bits per heavy atom. The molecule has 0 fully saturated rings. The van der Waals surface area contributed by atoms with Gasteiger partial charge in [-0.1, -0.05) is 26.0 Å². The maximum Gasteiger partial charge on any atom is 0.262 e. The average Bonchev–Trinajstić information content (AvgIpc) is 3.18. The van der Waals surface area contributed by atoms with E-state index in [9.17, 15) is 9.59 Å². The van der Waals surface area contributed by atoms with Gasteiger partial charge in [-0.2, -0.15) is 0 Å². The number of benzene rings is 1. The van der Waals surface area contributed by atoms with Crippen LogP contribution in [-0.4, -0.2) is 32.1 Å². The summed E-state index contributed by atoms with van der Waals surface area (Å²) in [5.41, 5.74) is 0.878. The summed E-state index contributed by atoms with van der Waals surface area (Å²) in [5.74, 6) is 0.737. The zero-order valence-electron chi connectivity index (χ0n) is 15.4. The highest BCUT2D eigenvalue weighted by Crippen LogP contribution is 2.27. The third-order valence-corrected chi connectivity index (χ3v) is 4.76. The number of thiophene rings is 1. The van der Waals surface area contributed by atoms with Crippen LogP contribution in [-0.2, 0) is 11.3 Å². The minimum absolute atomic E-state index is 0.0377. The molecule has 140 valence electrons. The monoisotopic (exact) mass is 376 g/mol. The standard InChI is InChI=1S/C19H24N2O4S/c1-12(2)17(21-18(22)16-6-5-9-26-16)19(23)20-11-13-7-8-14(24-3)15(10-13)25-4/h5-10,12,17H,11H2,1-4H3,(H,20,23)(H,21,22)/t17-/m1/s1. The fourth-order valence-corrected chi connectivity index (χ4v) is 3.07. The number of hydrogen-bond donors (Lipinski definition) is 2. The van der Waals surface area contributed by atoms with Gasteiger partial charge in [-0.05, 0) is 35.1 Å². The van der Waals surface area contributed by atoms with Crippen LogP contribution in [0.5, 0.6) is 11.5 Å². The highest BCUT2D eigenvalue weighted by molar-refractivity contribution is 7.12. The Morgan fingerprint density at radius 2 is 1.85 bits per heavy atom. The van der Waals surface area contributed by atoms with E-state index in [1.54, 1.807) is 32.4 Å². The first-order valence-corrected chi connectivity index (χ1v) is 9.17. The summed E-state index contributed by atoms with van der Waals surface area (Å²) in [6.07, 6.45) is 0. The van der Waals surface area contributed by atoms with Crippen LogP contribution in [0.25, 0.3) is 0 Å². The molecule has 0 saturated heterocycles. The smallest absolute Gasteiger partial charge is 0.262 e. The molecule has 0 radical (unpaired) electrons. The van der Waals surface area contributed by atoms with E-state index in [-0.39, 0.29) is 17.7 Å². The van der Waals surface area contributed by atoms with Crippen molar-refractivity contribution in [2.45, 2.75) is 26.4 Å². The van der Waals surface area contributed by atoms with Crippen LogP contribution in [0, 0.1) is 5.92 Å². The molecular formula is C19H24N2O4S. The molecule has 0 unspecified atom stereocenters. The van der Waals surface area contributed by atoms with Gasteiger partial charge in [0.2, 0.25) is 5.91 Å². The molecular weight excluding hydrogens is 352 g/mol. The lowest BCUT2D eigenvalue weighted by Gasteiger charge is -2.21. The largest absolute Gasteiger partial charge is 0.493 e. The van der Waals surface area contributed by atoms with Crippen molar-refractivity contribution in [3.63, 3.8) is 0 Å². The van der Waals surface area contributed by atoms with Crippen molar-refractivity contribution in [1.82, 2.24) is 10.6 Å². The Bertz CT molecular complexity index is 744. The summed E-state index contributed by atoms with van der Waals surface area (Å²) in [4.78, 5) is 25.4. The quantitative estimate of drug-likeness (QED) is 0.743. The molecule has 1 atom stereocenters. The van der Waals surface area contributed by atoms with Crippen LogP contribution < -0.4 is 20.1 Å². The van der Waals surface area contributed by atoms with Crippen molar-refractivity contribution in [2.75, 3.05) is 14.2 Å². The predicted octanol–water partition coefficient (Wildman–Crippen LogP) is 2.84. The first-order valence-electron chi connectivity index (χ1n) is 8.29. The van der Waals surface area contributed by atoms with E-state index in [1.165, 1.54) is 11.3 Å². The Labute approximate surface area is 157 Å². The van der Waals surface area contributed by atoms with Crippen molar-refractivity contribution < 1.29 is 19.1 Å². The van der Waals surface area contributed by atoms with Gasteiger partial charge in [-0.25, -0.2) is 0 Å². The Kier molecular flexibility index (Phi) is 7.03. The lowest BCUT2D eigenvalue weighted by molar-refractivity contribution is -0.124. The maximum absolute atomic E-state index is 12.6. The van der Waals surface area contributed by atoms with Crippen LogP contribution in [0.2, 0.25) is 0 Å². The molecule has 1 heterocycles. The van der Waals surface area contributed by atoms with Gasteiger partial charge >= 0.3 is 0 Å². The molecule has 0 aliphatic heterocycles. The highest BCUT2D eigenvalue weighted by Gasteiger charge is 2.24. The van der Waals surface area contributed by atoms with E-state index in [2.05, 4.69) is 10.6 Å². The summed E-state index contributed by atoms with van der Waals surface area (Å²) in [7, 11) is 3.14. The highest BCUT2D eigenvalue weighted by atomic mass is 32.1. The number of rotatable bonds is 8. The lowest BCUT2D eigenvalue weighted by atomic mass is 10.0. The van der Waals surface area contributed by atoms with Crippen LogP contribution >= 0.6 is 11.3 Å². The van der Waals surface area contributed by atoms with Gasteiger partial charge in [0.15, 0.2) is 11.5 Å². The van der Waals surface area contributed by atoms with Crippen molar-refractivity contribution >= 4 is 23.2 Å². The number of hydrogen-bond acceptors (Lipinski definition) is 5. The zero-order valence-corrected chi connectivity index (χ0v) is 16.2. The number of amides is 2. The number of nitrogens with one attached hydrogen (secondary N) is 2. The minimum Gasteiger partial charge on any atom is -0.493 e. The second-order valence-corrected chi connectivity index (χ2v) is 7.03. The van der Waals surface area contributed by atoms with Gasteiger partial charge < -0.3 is 20.1 Å². The minimum atomic E-state index is -0.607. The Balaban J connectivity index is 2.00. The average molecular weight is 376 g/mol. The fourth-order valence-electron chi connectivity index (χ4n) is 2.44. The third kappa shape index (κ3) is 4.98. The Morgan fingerprint density at radius 3 is 2.42 bits per heavy atom. The van der Waals surface area contributed by atoms with E-state index in [4.69, 9.17) is 9.47 Å². The number of carbonyl (C=O) groups is 2. The van der Waals surface area contributed by atoms with E-state index >= 15 is 0 Å². The fraction of sp³-hybridized carbons (Fsp3) is 0.368. The van der Waals surface area contributed by atoms with Crippen LogP contribution in [0.1, 0.15) is 29.1 Å². The second kappa shape index (κ2) is 9.24. The molecule has 0 aliphatic carbocycles. The number of ether oxygens (including phenoxy) is 2. The van der Waals surface area contributed by atoms with Gasteiger partial charge in [0, 0.05) is 6.54 Å². The van der Waals surface area contributed by atoms with E-state index in [0.717, 1.165) is 5.56 Å². The van der Waals surface area contributed by atoms with E-state index < -0.39 is 6.04 Å². The van der Waals surface area contributed by atoms with Gasteiger partial charge in [0.05, 0.1) is 19.1 Å². The molecule has 2 rings (SSSR count). The van der Waals surface area contributed by atoms with E-state index in [1.807, 2.05) is 31.4 Å². The lowest BCUT2D eigenvalue weighted by Crippen LogP contribution is -2.49. The first-order chi connectivity index (χ1) is 12.5. The van der Waals surface area contributed by atoms with Gasteiger partial charge in [0.1, 0.15) is 6.04 Å². The summed E-state index contributed by atoms with van der Waals surface area (Å²) < 4.78 is 10.5. The van der Waals surface area contributed by atoms with Crippen LogP contribution in [0.15, 0.2) is 35.7 Å². The van der Waals surface area contributed by atoms with Crippen LogP contribution in [0.3, 0.4) is 0 Å². The third-order valence-electron chi connectivity index (χ3n) is 3.90. The molecule has 7 heteroatoms. The molecule has 0 spiro atoms. The van der Waals surface area contributed by atoms with Crippen LogP contribution in [0.4, 0.5) is 0 Å². The normalized spacial score (nSPS) is 11.7. The summed E-state index contributed by atoms with van der Waals surface area (Å²) >= 11 is 1.34. The number of methoxy groups -OCH3 is 2. The Hall–Kier alpha value is -2.54. The summed E-state index contributed by atoms with van der Waals surface area (Å²) in [6.45, 7) is 4.13. The first kappa shape index (κ1) is 19.8. The molecule has 2 N–H and O–H groups in total. The second-order valence-electron chi connectivity index (χ2n) is 6.08. The van der Waals surface area contributed by atoms with Crippen molar-refractivity contribution in [3.05, 3.63) is 46.2 Å². The molecule has 0 bridgehead atoms. The number of carbonyl (C=O) groups excluding carboxylic acids is 2. The zero-order chi connectivity index (χ0) is 19.1. The van der Waals surface area contributed by atoms with Crippen molar-refractivity contribution in [3.8, 4) is 11.5 Å². The van der Waals surface area contributed by atoms with E-state index in [0.29, 0.717) is 22.9 Å². The summed E-state index contributed by atoms with van der Waals surface area (Å²) in [6, 6.07) is 8.40. The SMILES string of the molecule is COc1ccc(CNC(=O)[C@H](NC(=O)c2cccs2)C(C)C)cc1OC. The molecule has 2 aromatic rings. The van der Waals surface area contributed by atoms with Gasteiger partial charge in [0.25, 0.3) is 5.91 Å². The molecule has 1 aromatic heterocycles. The van der Waals surface area contributed by atoms with Crippen molar-refractivity contribution in [1.29, 1.82) is 0 Å². The van der Waals surface area contributed by atoms with Gasteiger partial charge in [-0.3, -0.25) is 9.59 Å². The molecule has 6 nitrogen and oxygen atoms in total. The summed E-state index contributed by atoms with van der Waals surface area (Å²) in [5, 5.41) is 7.51. The predicted molar refractivity (Wildman–Crippen MR) is 102 cm³/mol. The van der Waals surface area contributed by atoms with Crippen molar-refractivity contribution in [2.24, 2.45) is 5.92 Å². The molecule has 2 amide bonds. The molecule has 0 saturated carbocycles. The topological polar surface area (TPSA) is 76.7 Å². The van der Waals surface area contributed by atoms with Gasteiger partial charge in [-0.15, -0.1) is 11.3 Å². The maximum atomic E-state index is 12.6. The molecule has 0 aliphatic rings. The molecule has 1 aromatic carbocycles.